The van der Waals surface area contributed by atoms with Crippen molar-refractivity contribution in [3.8, 4) is 33.9 Å². The molecule has 1 aliphatic heterocycles. The van der Waals surface area contributed by atoms with Crippen LogP contribution in [0.1, 0.15) is 5.56 Å². The molecule has 2 aromatic heterocycles. The molecule has 4 heteroatoms. The third kappa shape index (κ3) is 2.12. The molecule has 1 N–H and O–H groups in total. The number of aromatic nitrogens is 2. The highest BCUT2D eigenvalue weighted by Crippen LogP contribution is 2.52. The Kier molecular flexibility index (Phi) is 3.05. The average Bonchev–Trinajstić information content (AvgIpc) is 2.66. The van der Waals surface area contributed by atoms with Crippen LogP contribution in [0.4, 0.5) is 0 Å². The highest BCUT2D eigenvalue weighted by molar-refractivity contribution is 6.05. The molecule has 0 aliphatic carbocycles. The van der Waals surface area contributed by atoms with E-state index in [-0.39, 0.29) is 6.61 Å². The van der Waals surface area contributed by atoms with Crippen molar-refractivity contribution in [1.82, 2.24) is 9.97 Å². The zero-order chi connectivity index (χ0) is 16.8. The van der Waals surface area contributed by atoms with Gasteiger partial charge in [0.2, 0.25) is 0 Å². The van der Waals surface area contributed by atoms with E-state index in [1.807, 2.05) is 42.5 Å². The van der Waals surface area contributed by atoms with E-state index < -0.39 is 0 Å². The Balaban J connectivity index is 1.82. The largest absolute Gasteiger partial charge is 0.453 e. The van der Waals surface area contributed by atoms with Crippen LogP contribution in [0.3, 0.4) is 0 Å². The monoisotopic (exact) mass is 326 g/mol. The molecule has 120 valence electrons. The second-order valence-corrected chi connectivity index (χ2v) is 6.02. The van der Waals surface area contributed by atoms with Gasteiger partial charge in [0.15, 0.2) is 11.5 Å². The van der Waals surface area contributed by atoms with Crippen LogP contribution in [0.2, 0.25) is 0 Å². The molecular formula is C21H14N2O2. The summed E-state index contributed by atoms with van der Waals surface area (Å²) in [5.74, 6) is 1.63. The first kappa shape index (κ1) is 14.1. The molecule has 25 heavy (non-hydrogen) atoms. The molecule has 0 amide bonds. The molecule has 0 saturated heterocycles. The number of benzene rings is 2. The van der Waals surface area contributed by atoms with Crippen LogP contribution in [0, 0.1) is 0 Å². The molecule has 2 aromatic carbocycles. The summed E-state index contributed by atoms with van der Waals surface area (Å²) in [5, 5.41) is 10.3. The van der Waals surface area contributed by atoms with E-state index in [0.717, 1.165) is 50.3 Å². The lowest BCUT2D eigenvalue weighted by atomic mass is 9.94. The number of pyridine rings is 2. The zero-order valence-electron chi connectivity index (χ0n) is 13.3. The predicted octanol–water partition coefficient (Wildman–Crippen LogP) is 4.56. The van der Waals surface area contributed by atoms with Gasteiger partial charge in [0, 0.05) is 5.56 Å². The van der Waals surface area contributed by atoms with Gasteiger partial charge in [-0.05, 0) is 11.1 Å². The molecule has 1 aliphatic rings. The highest BCUT2D eigenvalue weighted by Gasteiger charge is 2.28. The van der Waals surface area contributed by atoms with Crippen molar-refractivity contribution < 1.29 is 9.84 Å². The average molecular weight is 326 g/mol. The summed E-state index contributed by atoms with van der Waals surface area (Å²) < 4.78 is 5.93. The van der Waals surface area contributed by atoms with Crippen molar-refractivity contribution in [3.05, 3.63) is 72.6 Å². The van der Waals surface area contributed by atoms with Crippen LogP contribution in [-0.2, 0) is 6.61 Å². The molecular weight excluding hydrogens is 312 g/mol. The Labute approximate surface area is 144 Å². The molecule has 0 bridgehead atoms. The van der Waals surface area contributed by atoms with Gasteiger partial charge in [-0.1, -0.05) is 54.6 Å². The van der Waals surface area contributed by atoms with Gasteiger partial charge in [-0.15, -0.1) is 0 Å². The SMILES string of the molecule is OCc1ccc(-c2nc3cncc4c3c(c2-c2ccccc2)O4)cc1. The Morgan fingerprint density at radius 1 is 0.880 bits per heavy atom. The van der Waals surface area contributed by atoms with Crippen molar-refractivity contribution in [2.45, 2.75) is 6.61 Å². The van der Waals surface area contributed by atoms with Gasteiger partial charge < -0.3 is 9.84 Å². The molecule has 0 atom stereocenters. The van der Waals surface area contributed by atoms with Gasteiger partial charge in [0.25, 0.3) is 0 Å². The normalized spacial score (nSPS) is 11.9. The molecule has 4 aromatic rings. The first-order valence-corrected chi connectivity index (χ1v) is 8.10. The molecule has 3 heterocycles. The van der Waals surface area contributed by atoms with Crippen LogP contribution < -0.4 is 4.74 Å². The Morgan fingerprint density at radius 3 is 2.44 bits per heavy atom. The lowest BCUT2D eigenvalue weighted by Crippen LogP contribution is -2.05. The summed E-state index contributed by atoms with van der Waals surface area (Å²) in [5.41, 5.74) is 5.60. The predicted molar refractivity (Wildman–Crippen MR) is 96.4 cm³/mol. The van der Waals surface area contributed by atoms with E-state index in [2.05, 4.69) is 17.1 Å². The van der Waals surface area contributed by atoms with Crippen molar-refractivity contribution >= 4 is 10.9 Å². The van der Waals surface area contributed by atoms with Crippen molar-refractivity contribution in [3.63, 3.8) is 0 Å². The van der Waals surface area contributed by atoms with Gasteiger partial charge in [-0.3, -0.25) is 4.98 Å². The topological polar surface area (TPSA) is 55.2 Å². The van der Waals surface area contributed by atoms with Crippen LogP contribution in [0.25, 0.3) is 33.3 Å². The summed E-state index contributed by atoms with van der Waals surface area (Å²) in [6.45, 7) is 0.0264. The van der Waals surface area contributed by atoms with Gasteiger partial charge >= 0.3 is 0 Å². The van der Waals surface area contributed by atoms with Crippen LogP contribution in [0.15, 0.2) is 67.0 Å². The van der Waals surface area contributed by atoms with E-state index in [1.54, 1.807) is 12.4 Å². The molecule has 4 nitrogen and oxygen atoms in total. The Hall–Kier alpha value is -3.24. The first-order valence-electron chi connectivity index (χ1n) is 8.10. The lowest BCUT2D eigenvalue weighted by molar-refractivity contribution is 0.282. The number of aliphatic hydroxyl groups excluding tert-OH is 1. The summed E-state index contributed by atoms with van der Waals surface area (Å²) in [7, 11) is 0. The van der Waals surface area contributed by atoms with Gasteiger partial charge in [0.1, 0.15) is 0 Å². The second kappa shape index (κ2) is 5.40. The first-order chi connectivity index (χ1) is 12.3. The quantitative estimate of drug-likeness (QED) is 0.528. The van der Waals surface area contributed by atoms with E-state index >= 15 is 0 Å². The third-order valence-corrected chi connectivity index (χ3v) is 4.50. The number of nitrogens with zero attached hydrogens (tertiary/aromatic N) is 2. The van der Waals surface area contributed by atoms with Crippen LogP contribution in [0.5, 0.6) is 11.5 Å². The molecule has 0 saturated carbocycles. The van der Waals surface area contributed by atoms with Gasteiger partial charge in [-0.2, -0.15) is 0 Å². The van der Waals surface area contributed by atoms with E-state index in [1.165, 1.54) is 0 Å². The van der Waals surface area contributed by atoms with E-state index in [0.29, 0.717) is 0 Å². The summed E-state index contributed by atoms with van der Waals surface area (Å²) >= 11 is 0. The third-order valence-electron chi connectivity index (χ3n) is 4.50. The second-order valence-electron chi connectivity index (χ2n) is 6.02. The Morgan fingerprint density at radius 2 is 1.68 bits per heavy atom. The van der Waals surface area contributed by atoms with Crippen LogP contribution in [-0.4, -0.2) is 15.1 Å². The minimum atomic E-state index is 0.0264. The van der Waals surface area contributed by atoms with Gasteiger partial charge in [-0.25, -0.2) is 4.98 Å². The number of rotatable bonds is 3. The summed E-state index contributed by atoms with van der Waals surface area (Å²) in [6, 6.07) is 17.9. The summed E-state index contributed by atoms with van der Waals surface area (Å²) in [6.07, 6.45) is 3.49. The van der Waals surface area contributed by atoms with E-state index in [4.69, 9.17) is 9.72 Å². The number of hydrogen-bond acceptors (Lipinski definition) is 4. The maximum atomic E-state index is 9.28. The number of ether oxygens (including phenoxy) is 1. The minimum absolute atomic E-state index is 0.0264. The van der Waals surface area contributed by atoms with Crippen molar-refractivity contribution in [1.29, 1.82) is 0 Å². The van der Waals surface area contributed by atoms with Crippen molar-refractivity contribution in [2.75, 3.05) is 0 Å². The number of aliphatic hydroxyl groups is 1. The fourth-order valence-electron chi connectivity index (χ4n) is 3.25. The van der Waals surface area contributed by atoms with E-state index in [9.17, 15) is 5.11 Å². The fourth-order valence-corrected chi connectivity index (χ4v) is 3.25. The minimum Gasteiger partial charge on any atom is -0.453 e. The van der Waals surface area contributed by atoms with Crippen LogP contribution >= 0.6 is 0 Å². The maximum absolute atomic E-state index is 9.28. The number of hydrogen-bond donors (Lipinski definition) is 1. The van der Waals surface area contributed by atoms with Crippen molar-refractivity contribution in [2.24, 2.45) is 0 Å². The smallest absolute Gasteiger partial charge is 0.158 e. The molecule has 0 unspecified atom stereocenters. The molecule has 0 radical (unpaired) electrons. The molecule has 5 rings (SSSR count). The zero-order valence-corrected chi connectivity index (χ0v) is 13.3. The Bertz CT molecular complexity index is 1090. The molecule has 0 spiro atoms. The lowest BCUT2D eigenvalue weighted by Gasteiger charge is -2.25. The standard InChI is InChI=1S/C21H14N2O2/c24-12-13-6-8-15(9-7-13)20-18(14-4-2-1-3-5-14)21-19-16(23-20)10-22-11-17(19)25-21/h1-11,24H,12H2. The maximum Gasteiger partial charge on any atom is 0.158 e. The highest BCUT2D eigenvalue weighted by atomic mass is 16.5. The fraction of sp³-hybridized carbons (Fsp3) is 0.0476. The summed E-state index contributed by atoms with van der Waals surface area (Å²) in [4.78, 5) is 9.07. The molecule has 0 fully saturated rings. The van der Waals surface area contributed by atoms with Gasteiger partial charge in [0.05, 0.1) is 41.2 Å².